The highest BCUT2D eigenvalue weighted by Crippen LogP contribution is 2.60. The first-order chi connectivity index (χ1) is 19.2. The third kappa shape index (κ3) is 4.59. The molecule has 3 aliphatic rings. The van der Waals surface area contributed by atoms with E-state index in [0.717, 1.165) is 11.1 Å². The first-order valence-electron chi connectivity index (χ1n) is 13.8. The van der Waals surface area contributed by atoms with Gasteiger partial charge in [-0.1, -0.05) is 41.1 Å². The maximum Gasteiger partial charge on any atom is 0.250 e. The smallest absolute Gasteiger partial charge is 0.250 e. The Bertz CT molecular complexity index is 1280. The second kappa shape index (κ2) is 11.1. The molecule has 10 heteroatoms. The molecule has 3 amide bonds. The lowest BCUT2D eigenvalue weighted by Gasteiger charge is -2.36. The molecule has 0 radical (unpaired) electrons. The third-order valence-electron chi connectivity index (χ3n) is 8.52. The number of alkyl halides is 1. The van der Waals surface area contributed by atoms with Crippen molar-refractivity contribution in [2.75, 3.05) is 23.8 Å². The van der Waals surface area contributed by atoms with Crippen molar-refractivity contribution < 1.29 is 29.0 Å². The van der Waals surface area contributed by atoms with Gasteiger partial charge in [-0.2, -0.15) is 0 Å². The second-order valence-corrected chi connectivity index (χ2v) is 12.0. The molecule has 0 aliphatic carbocycles. The average molecular weight is 615 g/mol. The molecule has 2 aromatic carbocycles. The SMILES string of the molecule is CCOc1ccc(NC(=O)[C@H]2[C@@H]3OC4(CC3Br)C(C(=O)Nc3c(C)cccc3C)N([C@@H](CC)CO)C(=O)[C@H]24)cc1. The number of carbonyl (C=O) groups is 3. The average Bonchev–Trinajstić information content (AvgIpc) is 3.52. The summed E-state index contributed by atoms with van der Waals surface area (Å²) in [5.74, 6) is -2.04. The molecule has 40 heavy (non-hydrogen) atoms. The maximum atomic E-state index is 14.2. The number of aryl methyl sites for hydroxylation is 2. The zero-order chi connectivity index (χ0) is 28.8. The van der Waals surface area contributed by atoms with Gasteiger partial charge in [-0.15, -0.1) is 0 Å². The van der Waals surface area contributed by atoms with Crippen molar-refractivity contribution in [3.8, 4) is 5.75 Å². The maximum absolute atomic E-state index is 14.2. The number of rotatable bonds is 9. The molecular formula is C30H36BrN3O6. The number of aliphatic hydroxyl groups excluding tert-OH is 1. The number of hydrogen-bond acceptors (Lipinski definition) is 6. The van der Waals surface area contributed by atoms with Gasteiger partial charge in [0.1, 0.15) is 17.4 Å². The number of benzene rings is 2. The van der Waals surface area contributed by atoms with Crippen molar-refractivity contribution in [3.63, 3.8) is 0 Å². The van der Waals surface area contributed by atoms with E-state index in [1.54, 1.807) is 24.3 Å². The van der Waals surface area contributed by atoms with Crippen molar-refractivity contribution in [1.82, 2.24) is 4.90 Å². The summed E-state index contributed by atoms with van der Waals surface area (Å²) in [6.45, 7) is 7.82. The van der Waals surface area contributed by atoms with Crippen molar-refractivity contribution in [2.45, 2.75) is 69.2 Å². The monoisotopic (exact) mass is 613 g/mol. The van der Waals surface area contributed by atoms with Gasteiger partial charge in [0.25, 0.3) is 0 Å². The van der Waals surface area contributed by atoms with Crippen LogP contribution in [0.3, 0.4) is 0 Å². The fraction of sp³-hybridized carbons (Fsp3) is 0.500. The lowest BCUT2D eigenvalue weighted by Crippen LogP contribution is -2.56. The van der Waals surface area contributed by atoms with Crippen LogP contribution in [-0.2, 0) is 19.1 Å². The Kier molecular flexibility index (Phi) is 7.96. The summed E-state index contributed by atoms with van der Waals surface area (Å²) in [6.07, 6.45) is 0.260. The van der Waals surface area contributed by atoms with Gasteiger partial charge in [0.15, 0.2) is 0 Å². The van der Waals surface area contributed by atoms with E-state index in [2.05, 4.69) is 26.6 Å². The van der Waals surface area contributed by atoms with Crippen LogP contribution in [0.4, 0.5) is 11.4 Å². The summed E-state index contributed by atoms with van der Waals surface area (Å²) in [6, 6.07) is 11.2. The van der Waals surface area contributed by atoms with Crippen molar-refractivity contribution in [1.29, 1.82) is 0 Å². The van der Waals surface area contributed by atoms with Crippen LogP contribution in [-0.4, -0.2) is 69.6 Å². The minimum Gasteiger partial charge on any atom is -0.494 e. The summed E-state index contributed by atoms with van der Waals surface area (Å²) in [5.41, 5.74) is 1.85. The largest absolute Gasteiger partial charge is 0.494 e. The Morgan fingerprint density at radius 2 is 1.80 bits per heavy atom. The number of aliphatic hydroxyl groups is 1. The molecule has 0 aromatic heterocycles. The number of para-hydroxylation sites is 1. The number of fused-ring (bicyclic) bond motifs is 1. The van der Waals surface area contributed by atoms with Crippen LogP contribution >= 0.6 is 15.9 Å². The number of likely N-dealkylation sites (tertiary alicyclic amines) is 1. The van der Waals surface area contributed by atoms with E-state index in [1.165, 1.54) is 4.90 Å². The Morgan fingerprint density at radius 1 is 1.12 bits per heavy atom. The van der Waals surface area contributed by atoms with Crippen LogP contribution in [0.5, 0.6) is 5.75 Å². The number of nitrogens with one attached hydrogen (secondary N) is 2. The standard InChI is InChI=1S/C30H36BrN3O6/c1-5-19(15-35)34-26(28(37)33-24-16(3)8-7-9-17(24)4)30-14-21(31)25(40-30)22(23(30)29(34)38)27(36)32-18-10-12-20(13-11-18)39-6-2/h7-13,19,21-23,25-26,35H,5-6,14-15H2,1-4H3,(H,32,36)(H,33,37)/t19-,21?,22+,23-,25+,26?,30?/m0/s1. The summed E-state index contributed by atoms with van der Waals surface area (Å²) < 4.78 is 12.0. The molecule has 3 unspecified atom stereocenters. The predicted octanol–water partition coefficient (Wildman–Crippen LogP) is 3.80. The summed E-state index contributed by atoms with van der Waals surface area (Å²) >= 11 is 3.69. The quantitative estimate of drug-likeness (QED) is 0.370. The molecule has 3 heterocycles. The lowest BCUT2D eigenvalue weighted by atomic mass is 9.70. The zero-order valence-corrected chi connectivity index (χ0v) is 24.7. The Labute approximate surface area is 242 Å². The molecule has 7 atom stereocenters. The first-order valence-corrected chi connectivity index (χ1v) is 14.7. The fourth-order valence-corrected chi connectivity index (χ4v) is 7.65. The van der Waals surface area contributed by atoms with E-state index in [1.807, 2.05) is 45.9 Å². The van der Waals surface area contributed by atoms with E-state index in [0.29, 0.717) is 36.6 Å². The topological polar surface area (TPSA) is 117 Å². The molecule has 3 aliphatic heterocycles. The van der Waals surface area contributed by atoms with Crippen LogP contribution in [0.25, 0.3) is 0 Å². The number of anilines is 2. The molecule has 3 saturated heterocycles. The van der Waals surface area contributed by atoms with Crippen LogP contribution in [0, 0.1) is 25.7 Å². The minimum absolute atomic E-state index is 0.225. The Hall–Kier alpha value is -2.95. The van der Waals surface area contributed by atoms with Gasteiger partial charge < -0.3 is 30.1 Å². The Balaban J connectivity index is 1.50. The first kappa shape index (κ1) is 28.6. The van der Waals surface area contributed by atoms with Crippen molar-refractivity contribution in [3.05, 3.63) is 53.6 Å². The van der Waals surface area contributed by atoms with E-state index < -0.39 is 35.6 Å². The molecule has 2 bridgehead atoms. The number of nitrogens with zero attached hydrogens (tertiary/aromatic N) is 1. The van der Waals surface area contributed by atoms with E-state index >= 15 is 0 Å². The van der Waals surface area contributed by atoms with Gasteiger partial charge >= 0.3 is 0 Å². The van der Waals surface area contributed by atoms with Gasteiger partial charge in [-0.25, -0.2) is 0 Å². The third-order valence-corrected chi connectivity index (χ3v) is 9.36. The van der Waals surface area contributed by atoms with Gasteiger partial charge in [0.05, 0.1) is 37.2 Å². The van der Waals surface area contributed by atoms with Crippen molar-refractivity contribution >= 4 is 45.0 Å². The van der Waals surface area contributed by atoms with Gasteiger partial charge in [-0.3, -0.25) is 14.4 Å². The second-order valence-electron chi connectivity index (χ2n) is 10.9. The molecule has 3 fully saturated rings. The molecule has 9 nitrogen and oxygen atoms in total. The molecule has 1 spiro atoms. The number of ether oxygens (including phenoxy) is 2. The highest BCUT2D eigenvalue weighted by Gasteiger charge is 2.77. The fourth-order valence-electron chi connectivity index (χ4n) is 6.70. The molecule has 0 saturated carbocycles. The Morgan fingerprint density at radius 3 is 2.40 bits per heavy atom. The van der Waals surface area contributed by atoms with E-state index in [-0.39, 0.29) is 29.2 Å². The number of hydrogen-bond donors (Lipinski definition) is 3. The normalized spacial score (nSPS) is 29.3. The van der Waals surface area contributed by atoms with Crippen molar-refractivity contribution in [2.24, 2.45) is 11.8 Å². The number of halogens is 1. The van der Waals surface area contributed by atoms with Crippen LogP contribution in [0.15, 0.2) is 42.5 Å². The van der Waals surface area contributed by atoms with Gasteiger partial charge in [0.2, 0.25) is 17.7 Å². The van der Waals surface area contributed by atoms with Gasteiger partial charge in [-0.05, 0) is 69.0 Å². The van der Waals surface area contributed by atoms with Gasteiger partial charge in [0, 0.05) is 16.2 Å². The molecule has 5 rings (SSSR count). The molecule has 214 valence electrons. The zero-order valence-electron chi connectivity index (χ0n) is 23.1. The number of carbonyl (C=O) groups excluding carboxylic acids is 3. The van der Waals surface area contributed by atoms with Crippen LogP contribution in [0.2, 0.25) is 0 Å². The van der Waals surface area contributed by atoms with Crippen LogP contribution < -0.4 is 15.4 Å². The molecular weight excluding hydrogens is 578 g/mol. The molecule has 3 N–H and O–H groups in total. The lowest BCUT2D eigenvalue weighted by molar-refractivity contribution is -0.143. The van der Waals surface area contributed by atoms with E-state index in [4.69, 9.17) is 9.47 Å². The highest BCUT2D eigenvalue weighted by molar-refractivity contribution is 9.09. The summed E-state index contributed by atoms with van der Waals surface area (Å²) in [5, 5.41) is 16.2. The number of amides is 3. The van der Waals surface area contributed by atoms with Crippen LogP contribution in [0.1, 0.15) is 37.8 Å². The predicted molar refractivity (Wildman–Crippen MR) is 155 cm³/mol. The molecule has 2 aromatic rings. The summed E-state index contributed by atoms with van der Waals surface area (Å²) in [4.78, 5) is 43.3. The summed E-state index contributed by atoms with van der Waals surface area (Å²) in [7, 11) is 0. The highest BCUT2D eigenvalue weighted by atomic mass is 79.9. The van der Waals surface area contributed by atoms with E-state index in [9.17, 15) is 19.5 Å². The minimum atomic E-state index is -1.21.